The Morgan fingerprint density at radius 1 is 1.17 bits per heavy atom. The van der Waals surface area contributed by atoms with Crippen LogP contribution in [0.5, 0.6) is 0 Å². The SMILES string of the molecule is CC(C)=C(C)C(=O)OCCC(=O)OCC(O)CO. The number of aliphatic hydroxyl groups is 2. The zero-order chi connectivity index (χ0) is 14.1. The highest BCUT2D eigenvalue weighted by Crippen LogP contribution is 2.04. The number of hydrogen-bond donors (Lipinski definition) is 2. The summed E-state index contributed by atoms with van der Waals surface area (Å²) in [5.74, 6) is -1.05. The summed E-state index contributed by atoms with van der Waals surface area (Å²) < 4.78 is 9.49. The van der Waals surface area contributed by atoms with Gasteiger partial charge in [-0.15, -0.1) is 0 Å². The van der Waals surface area contributed by atoms with Crippen LogP contribution in [0.1, 0.15) is 27.2 Å². The number of carbonyl (C=O) groups excluding carboxylic acids is 2. The van der Waals surface area contributed by atoms with E-state index in [1.54, 1.807) is 20.8 Å². The molecule has 0 bridgehead atoms. The van der Waals surface area contributed by atoms with Gasteiger partial charge in [0.1, 0.15) is 19.3 Å². The monoisotopic (exact) mass is 260 g/mol. The molecule has 0 aliphatic heterocycles. The maximum absolute atomic E-state index is 11.4. The van der Waals surface area contributed by atoms with Crippen LogP contribution in [0.4, 0.5) is 0 Å². The first-order valence-electron chi connectivity index (χ1n) is 5.64. The van der Waals surface area contributed by atoms with Crippen LogP contribution in [0, 0.1) is 0 Å². The number of allylic oxidation sites excluding steroid dienone is 1. The lowest BCUT2D eigenvalue weighted by Crippen LogP contribution is -2.22. The van der Waals surface area contributed by atoms with Gasteiger partial charge in [-0.1, -0.05) is 5.57 Å². The molecule has 1 atom stereocenters. The van der Waals surface area contributed by atoms with Crippen molar-refractivity contribution in [2.45, 2.75) is 33.3 Å². The molecule has 0 aromatic rings. The first-order chi connectivity index (χ1) is 8.38. The molecule has 0 spiro atoms. The Bertz CT molecular complexity index is 317. The first-order valence-corrected chi connectivity index (χ1v) is 5.64. The van der Waals surface area contributed by atoms with Crippen molar-refractivity contribution in [2.75, 3.05) is 19.8 Å². The van der Waals surface area contributed by atoms with E-state index >= 15 is 0 Å². The normalized spacial score (nSPS) is 11.6. The van der Waals surface area contributed by atoms with Gasteiger partial charge in [0.05, 0.1) is 13.0 Å². The van der Waals surface area contributed by atoms with Crippen molar-refractivity contribution in [1.82, 2.24) is 0 Å². The Balaban J connectivity index is 3.82. The molecule has 0 saturated carbocycles. The van der Waals surface area contributed by atoms with Crippen molar-refractivity contribution in [2.24, 2.45) is 0 Å². The Kier molecular flexibility index (Phi) is 7.98. The average molecular weight is 260 g/mol. The Morgan fingerprint density at radius 3 is 2.28 bits per heavy atom. The maximum Gasteiger partial charge on any atom is 0.333 e. The summed E-state index contributed by atoms with van der Waals surface area (Å²) in [6.07, 6.45) is -1.16. The van der Waals surface area contributed by atoms with E-state index in [1.807, 2.05) is 0 Å². The third-order valence-electron chi connectivity index (χ3n) is 2.24. The lowest BCUT2D eigenvalue weighted by Gasteiger charge is -2.09. The zero-order valence-electron chi connectivity index (χ0n) is 10.9. The number of ether oxygens (including phenoxy) is 2. The highest BCUT2D eigenvalue weighted by atomic mass is 16.6. The van der Waals surface area contributed by atoms with E-state index in [0.29, 0.717) is 5.57 Å². The summed E-state index contributed by atoms with van der Waals surface area (Å²) in [4.78, 5) is 22.5. The van der Waals surface area contributed by atoms with Crippen LogP contribution in [0.25, 0.3) is 0 Å². The van der Waals surface area contributed by atoms with Crippen LogP contribution >= 0.6 is 0 Å². The van der Waals surface area contributed by atoms with Crippen LogP contribution in [0.15, 0.2) is 11.1 Å². The molecule has 6 nitrogen and oxygen atoms in total. The molecule has 0 aromatic carbocycles. The molecule has 0 saturated heterocycles. The summed E-state index contributed by atoms with van der Waals surface area (Å²) in [7, 11) is 0. The molecular formula is C12H20O6. The van der Waals surface area contributed by atoms with Crippen LogP contribution in [0.2, 0.25) is 0 Å². The van der Waals surface area contributed by atoms with E-state index in [-0.39, 0.29) is 19.6 Å². The van der Waals surface area contributed by atoms with Crippen molar-refractivity contribution < 1.29 is 29.3 Å². The molecule has 0 radical (unpaired) electrons. The van der Waals surface area contributed by atoms with Gasteiger partial charge in [0.2, 0.25) is 0 Å². The fourth-order valence-electron chi connectivity index (χ4n) is 0.853. The number of hydrogen-bond acceptors (Lipinski definition) is 6. The van der Waals surface area contributed by atoms with Gasteiger partial charge in [0.25, 0.3) is 0 Å². The fourth-order valence-corrected chi connectivity index (χ4v) is 0.853. The van der Waals surface area contributed by atoms with E-state index in [0.717, 1.165) is 5.57 Å². The van der Waals surface area contributed by atoms with Crippen LogP contribution < -0.4 is 0 Å². The molecule has 1 unspecified atom stereocenters. The van der Waals surface area contributed by atoms with Crippen LogP contribution in [0.3, 0.4) is 0 Å². The van der Waals surface area contributed by atoms with Gasteiger partial charge in [-0.25, -0.2) is 4.79 Å². The van der Waals surface area contributed by atoms with E-state index in [2.05, 4.69) is 4.74 Å². The fraction of sp³-hybridized carbons (Fsp3) is 0.667. The van der Waals surface area contributed by atoms with Crippen molar-refractivity contribution in [3.05, 3.63) is 11.1 Å². The molecule has 2 N–H and O–H groups in total. The van der Waals surface area contributed by atoms with Gasteiger partial charge >= 0.3 is 11.9 Å². The van der Waals surface area contributed by atoms with E-state index in [9.17, 15) is 9.59 Å². The molecule has 104 valence electrons. The lowest BCUT2D eigenvalue weighted by molar-refractivity contribution is -0.150. The third-order valence-corrected chi connectivity index (χ3v) is 2.24. The Morgan fingerprint density at radius 2 is 1.78 bits per heavy atom. The van der Waals surface area contributed by atoms with Crippen LogP contribution in [-0.4, -0.2) is 48.1 Å². The van der Waals surface area contributed by atoms with E-state index in [1.165, 1.54) is 0 Å². The second-order valence-corrected chi connectivity index (χ2v) is 4.03. The first kappa shape index (κ1) is 16.6. The smallest absolute Gasteiger partial charge is 0.333 e. The van der Waals surface area contributed by atoms with Crippen molar-refractivity contribution in [3.63, 3.8) is 0 Å². The standard InChI is InChI=1S/C12H20O6/c1-8(2)9(3)12(16)17-5-4-11(15)18-7-10(14)6-13/h10,13-14H,4-7H2,1-3H3. The molecule has 6 heteroatoms. The maximum atomic E-state index is 11.4. The molecule has 0 aliphatic carbocycles. The van der Waals surface area contributed by atoms with Gasteiger partial charge in [-0.3, -0.25) is 4.79 Å². The summed E-state index contributed by atoms with van der Waals surface area (Å²) in [6.45, 7) is 4.42. The van der Waals surface area contributed by atoms with Gasteiger partial charge in [0.15, 0.2) is 0 Å². The topological polar surface area (TPSA) is 93.1 Å². The predicted molar refractivity (Wildman–Crippen MR) is 63.7 cm³/mol. The number of esters is 2. The Hall–Kier alpha value is -1.40. The quantitative estimate of drug-likeness (QED) is 0.501. The van der Waals surface area contributed by atoms with Crippen molar-refractivity contribution in [3.8, 4) is 0 Å². The Labute approximate surface area is 106 Å². The minimum absolute atomic E-state index is 0.0719. The molecule has 0 aliphatic rings. The highest BCUT2D eigenvalue weighted by molar-refractivity contribution is 5.88. The summed E-state index contributed by atoms with van der Waals surface area (Å²) in [5, 5.41) is 17.4. The summed E-state index contributed by atoms with van der Waals surface area (Å²) in [5.41, 5.74) is 1.37. The molecule has 0 heterocycles. The van der Waals surface area contributed by atoms with E-state index < -0.39 is 24.6 Å². The largest absolute Gasteiger partial charge is 0.463 e. The lowest BCUT2D eigenvalue weighted by atomic mass is 10.2. The minimum atomic E-state index is -1.08. The van der Waals surface area contributed by atoms with Crippen molar-refractivity contribution >= 4 is 11.9 Å². The number of carbonyl (C=O) groups is 2. The minimum Gasteiger partial charge on any atom is -0.463 e. The van der Waals surface area contributed by atoms with Crippen molar-refractivity contribution in [1.29, 1.82) is 0 Å². The number of rotatable bonds is 7. The highest BCUT2D eigenvalue weighted by Gasteiger charge is 2.11. The second kappa shape index (κ2) is 8.66. The molecule has 0 rings (SSSR count). The van der Waals surface area contributed by atoms with Crippen LogP contribution in [-0.2, 0) is 19.1 Å². The predicted octanol–water partition coefficient (Wildman–Crippen LogP) is 0.172. The van der Waals surface area contributed by atoms with E-state index in [4.69, 9.17) is 14.9 Å². The number of aliphatic hydroxyl groups excluding tert-OH is 2. The molecule has 0 aromatic heterocycles. The average Bonchev–Trinajstić information content (AvgIpc) is 2.34. The third kappa shape index (κ3) is 7.03. The van der Waals surface area contributed by atoms with Gasteiger partial charge < -0.3 is 19.7 Å². The summed E-state index contributed by atoms with van der Waals surface area (Å²) >= 11 is 0. The zero-order valence-corrected chi connectivity index (χ0v) is 10.9. The second-order valence-electron chi connectivity index (χ2n) is 4.03. The van der Waals surface area contributed by atoms with Gasteiger partial charge in [0, 0.05) is 5.57 Å². The molecule has 0 fully saturated rings. The van der Waals surface area contributed by atoms with Gasteiger partial charge in [-0.2, -0.15) is 0 Å². The molecule has 0 amide bonds. The molecule has 18 heavy (non-hydrogen) atoms. The molecular weight excluding hydrogens is 240 g/mol. The summed E-state index contributed by atoms with van der Waals surface area (Å²) in [6, 6.07) is 0. The van der Waals surface area contributed by atoms with Gasteiger partial charge in [-0.05, 0) is 20.8 Å².